The molecule has 1 atom stereocenters. The highest BCUT2D eigenvalue weighted by Crippen LogP contribution is 2.22. The molecule has 0 aliphatic carbocycles. The van der Waals surface area contributed by atoms with Crippen LogP contribution in [0, 0.1) is 19.7 Å². The quantitative estimate of drug-likeness (QED) is 0.660. The summed E-state index contributed by atoms with van der Waals surface area (Å²) in [7, 11) is 0. The molecule has 0 aliphatic heterocycles. The zero-order valence-electron chi connectivity index (χ0n) is 10.4. The van der Waals surface area contributed by atoms with Crippen molar-refractivity contribution in [1.29, 1.82) is 0 Å². The zero-order valence-corrected chi connectivity index (χ0v) is 11.2. The molecule has 18 heavy (non-hydrogen) atoms. The summed E-state index contributed by atoms with van der Waals surface area (Å²) < 4.78 is 13.1. The zero-order chi connectivity index (χ0) is 13.1. The van der Waals surface area contributed by atoms with Crippen LogP contribution in [-0.4, -0.2) is 4.98 Å². The average Bonchev–Trinajstić information content (AvgIpc) is 2.72. The number of nitrogens with two attached hydrogens (primary N) is 1. The standard InChI is InChI=1S/C13H16FN3S/c1-8-5-10(14)3-4-12(8)13(17-15)6-11-7-18-9(2)16-11/h3-5,7,13,17H,6,15H2,1-2H3. The number of hydrogen-bond acceptors (Lipinski definition) is 4. The van der Waals surface area contributed by atoms with E-state index in [0.29, 0.717) is 6.42 Å². The Morgan fingerprint density at radius 3 is 2.78 bits per heavy atom. The molecular formula is C13H16FN3S. The van der Waals surface area contributed by atoms with Crippen molar-refractivity contribution >= 4 is 11.3 Å². The molecule has 0 saturated heterocycles. The number of hydrazine groups is 1. The lowest BCUT2D eigenvalue weighted by Gasteiger charge is -2.17. The first-order chi connectivity index (χ1) is 8.60. The third-order valence-corrected chi connectivity index (χ3v) is 3.71. The minimum Gasteiger partial charge on any atom is -0.271 e. The number of nitrogens with zero attached hydrogens (tertiary/aromatic N) is 1. The largest absolute Gasteiger partial charge is 0.271 e. The van der Waals surface area contributed by atoms with Gasteiger partial charge in [0.05, 0.1) is 16.7 Å². The summed E-state index contributed by atoms with van der Waals surface area (Å²) in [4.78, 5) is 4.42. The number of rotatable bonds is 4. The Balaban J connectivity index is 2.22. The second-order valence-electron chi connectivity index (χ2n) is 4.28. The first-order valence-electron chi connectivity index (χ1n) is 5.73. The van der Waals surface area contributed by atoms with Crippen molar-refractivity contribution in [3.05, 3.63) is 51.2 Å². The third kappa shape index (κ3) is 2.93. The fraction of sp³-hybridized carbons (Fsp3) is 0.308. The summed E-state index contributed by atoms with van der Waals surface area (Å²) in [5.41, 5.74) is 5.68. The lowest BCUT2D eigenvalue weighted by Crippen LogP contribution is -2.30. The molecule has 1 heterocycles. The minimum absolute atomic E-state index is 0.0490. The highest BCUT2D eigenvalue weighted by molar-refractivity contribution is 7.09. The molecule has 0 bridgehead atoms. The lowest BCUT2D eigenvalue weighted by atomic mass is 9.98. The van der Waals surface area contributed by atoms with Crippen LogP contribution in [0.3, 0.4) is 0 Å². The summed E-state index contributed by atoms with van der Waals surface area (Å²) in [6.45, 7) is 3.86. The molecule has 3 nitrogen and oxygen atoms in total. The summed E-state index contributed by atoms with van der Waals surface area (Å²) in [5, 5.41) is 3.06. The lowest BCUT2D eigenvalue weighted by molar-refractivity contribution is 0.541. The number of aryl methyl sites for hydroxylation is 2. The fourth-order valence-corrected chi connectivity index (χ4v) is 2.63. The Bertz CT molecular complexity index is 539. The van der Waals surface area contributed by atoms with Gasteiger partial charge in [-0.05, 0) is 37.1 Å². The van der Waals surface area contributed by atoms with Crippen LogP contribution in [-0.2, 0) is 6.42 Å². The SMILES string of the molecule is Cc1nc(CC(NN)c2ccc(F)cc2C)cs1. The Kier molecular flexibility index (Phi) is 4.06. The maximum Gasteiger partial charge on any atom is 0.123 e. The molecule has 0 fully saturated rings. The minimum atomic E-state index is -0.225. The second-order valence-corrected chi connectivity index (χ2v) is 5.34. The number of nitrogens with one attached hydrogen (secondary N) is 1. The molecule has 1 aromatic carbocycles. The molecule has 0 spiro atoms. The van der Waals surface area contributed by atoms with Crippen LogP contribution in [0.5, 0.6) is 0 Å². The van der Waals surface area contributed by atoms with Crippen LogP contribution in [0.4, 0.5) is 4.39 Å². The molecule has 0 saturated carbocycles. The molecule has 1 unspecified atom stereocenters. The van der Waals surface area contributed by atoms with E-state index in [0.717, 1.165) is 21.8 Å². The van der Waals surface area contributed by atoms with Crippen molar-refractivity contribution in [3.8, 4) is 0 Å². The van der Waals surface area contributed by atoms with E-state index in [1.807, 2.05) is 19.2 Å². The van der Waals surface area contributed by atoms with Crippen molar-refractivity contribution < 1.29 is 4.39 Å². The van der Waals surface area contributed by atoms with E-state index >= 15 is 0 Å². The van der Waals surface area contributed by atoms with Crippen molar-refractivity contribution in [1.82, 2.24) is 10.4 Å². The number of benzene rings is 1. The Morgan fingerprint density at radius 2 is 2.22 bits per heavy atom. The van der Waals surface area contributed by atoms with Gasteiger partial charge in [-0.25, -0.2) is 9.37 Å². The van der Waals surface area contributed by atoms with Gasteiger partial charge in [0.25, 0.3) is 0 Å². The maximum absolute atomic E-state index is 13.1. The van der Waals surface area contributed by atoms with Crippen LogP contribution in [0.25, 0.3) is 0 Å². The van der Waals surface area contributed by atoms with Gasteiger partial charge in [0, 0.05) is 11.8 Å². The molecule has 2 aromatic rings. The van der Waals surface area contributed by atoms with E-state index in [9.17, 15) is 4.39 Å². The Hall–Kier alpha value is -1.30. The van der Waals surface area contributed by atoms with Gasteiger partial charge in [0.2, 0.25) is 0 Å². The Labute approximate surface area is 110 Å². The number of halogens is 1. The van der Waals surface area contributed by atoms with Crippen LogP contribution in [0.15, 0.2) is 23.6 Å². The topological polar surface area (TPSA) is 50.9 Å². The molecule has 0 radical (unpaired) electrons. The first-order valence-corrected chi connectivity index (χ1v) is 6.61. The van der Waals surface area contributed by atoms with Gasteiger partial charge in [-0.15, -0.1) is 11.3 Å². The van der Waals surface area contributed by atoms with Crippen molar-refractivity contribution in [2.75, 3.05) is 0 Å². The van der Waals surface area contributed by atoms with Crippen molar-refractivity contribution in [2.24, 2.45) is 5.84 Å². The average molecular weight is 265 g/mol. The number of aromatic nitrogens is 1. The van der Waals surface area contributed by atoms with Crippen LogP contribution in [0.2, 0.25) is 0 Å². The molecule has 1 aromatic heterocycles. The van der Waals surface area contributed by atoms with E-state index < -0.39 is 0 Å². The van der Waals surface area contributed by atoms with Gasteiger partial charge in [-0.3, -0.25) is 11.3 Å². The molecule has 96 valence electrons. The monoisotopic (exact) mass is 265 g/mol. The maximum atomic E-state index is 13.1. The normalized spacial score (nSPS) is 12.7. The van der Waals surface area contributed by atoms with E-state index in [1.54, 1.807) is 17.4 Å². The summed E-state index contributed by atoms with van der Waals surface area (Å²) in [5.74, 6) is 5.37. The van der Waals surface area contributed by atoms with Crippen molar-refractivity contribution in [3.63, 3.8) is 0 Å². The number of thiazole rings is 1. The van der Waals surface area contributed by atoms with Gasteiger partial charge < -0.3 is 0 Å². The number of hydrogen-bond donors (Lipinski definition) is 2. The van der Waals surface area contributed by atoms with Gasteiger partial charge >= 0.3 is 0 Å². The highest BCUT2D eigenvalue weighted by atomic mass is 32.1. The summed E-state index contributed by atoms with van der Waals surface area (Å²) in [6, 6.07) is 4.70. The van der Waals surface area contributed by atoms with E-state index in [1.165, 1.54) is 12.1 Å². The second kappa shape index (κ2) is 5.56. The highest BCUT2D eigenvalue weighted by Gasteiger charge is 2.14. The third-order valence-electron chi connectivity index (χ3n) is 2.89. The van der Waals surface area contributed by atoms with Crippen LogP contribution >= 0.6 is 11.3 Å². The van der Waals surface area contributed by atoms with E-state index in [2.05, 4.69) is 10.4 Å². The molecular weight excluding hydrogens is 249 g/mol. The van der Waals surface area contributed by atoms with Crippen LogP contribution in [0.1, 0.15) is 27.9 Å². The van der Waals surface area contributed by atoms with Gasteiger partial charge in [0.15, 0.2) is 0 Å². The van der Waals surface area contributed by atoms with Gasteiger partial charge in [0.1, 0.15) is 5.82 Å². The van der Waals surface area contributed by atoms with Crippen LogP contribution < -0.4 is 11.3 Å². The van der Waals surface area contributed by atoms with Crippen molar-refractivity contribution in [2.45, 2.75) is 26.3 Å². The summed E-state index contributed by atoms with van der Waals surface area (Å²) >= 11 is 1.62. The van der Waals surface area contributed by atoms with E-state index in [-0.39, 0.29) is 11.9 Å². The predicted octanol–water partition coefficient (Wildman–Crippen LogP) is 2.65. The Morgan fingerprint density at radius 1 is 1.44 bits per heavy atom. The molecule has 3 N–H and O–H groups in total. The van der Waals surface area contributed by atoms with E-state index in [4.69, 9.17) is 5.84 Å². The molecule has 5 heteroatoms. The molecule has 0 amide bonds. The predicted molar refractivity (Wildman–Crippen MR) is 71.8 cm³/mol. The fourth-order valence-electron chi connectivity index (χ4n) is 2.00. The van der Waals surface area contributed by atoms with Gasteiger partial charge in [-0.1, -0.05) is 6.07 Å². The first kappa shape index (κ1) is 13.1. The van der Waals surface area contributed by atoms with Gasteiger partial charge in [-0.2, -0.15) is 0 Å². The summed E-state index contributed by atoms with van der Waals surface area (Å²) in [6.07, 6.45) is 0.702. The molecule has 0 aliphatic rings. The molecule has 2 rings (SSSR count). The smallest absolute Gasteiger partial charge is 0.123 e.